The van der Waals surface area contributed by atoms with E-state index >= 15 is 0 Å². The molecule has 1 fully saturated rings. The van der Waals surface area contributed by atoms with Crippen LogP contribution in [0.5, 0.6) is 5.88 Å². The van der Waals surface area contributed by atoms with Gasteiger partial charge in [0.2, 0.25) is 5.88 Å². The van der Waals surface area contributed by atoms with E-state index in [0.717, 1.165) is 52.7 Å². The van der Waals surface area contributed by atoms with Gasteiger partial charge in [0.25, 0.3) is 0 Å². The number of ether oxygens (including phenoxy) is 2. The monoisotopic (exact) mass is 460 g/mol. The minimum atomic E-state index is -0.594. The third-order valence-electron chi connectivity index (χ3n) is 7.33. The molecule has 1 aliphatic carbocycles. The van der Waals surface area contributed by atoms with E-state index in [0.29, 0.717) is 17.9 Å². The Hall–Kier alpha value is -3.06. The van der Waals surface area contributed by atoms with Gasteiger partial charge in [-0.05, 0) is 69.2 Å². The summed E-state index contributed by atoms with van der Waals surface area (Å²) in [5.74, 6) is 0.291. The second-order valence-corrected chi connectivity index (χ2v) is 10.4. The molecule has 7 heteroatoms. The van der Waals surface area contributed by atoms with Crippen LogP contribution < -0.4 is 10.5 Å². The van der Waals surface area contributed by atoms with Crippen molar-refractivity contribution in [1.82, 2.24) is 15.0 Å². The third kappa shape index (κ3) is 4.02. The molecule has 1 saturated carbocycles. The summed E-state index contributed by atoms with van der Waals surface area (Å²) in [5.41, 5.74) is 9.76. The molecular formula is C27H32N4O3. The zero-order valence-electron chi connectivity index (χ0n) is 20.5. The summed E-state index contributed by atoms with van der Waals surface area (Å²) in [5, 5.41) is 1.90. The Morgan fingerprint density at radius 1 is 1.15 bits per heavy atom. The van der Waals surface area contributed by atoms with Crippen LogP contribution in [0.15, 0.2) is 30.6 Å². The first kappa shape index (κ1) is 22.7. The lowest BCUT2D eigenvalue weighted by Crippen LogP contribution is -2.39. The van der Waals surface area contributed by atoms with Crippen LogP contribution in [-0.4, -0.2) is 32.1 Å². The maximum Gasteiger partial charge on any atom is 0.340 e. The molecule has 0 radical (unpaired) electrons. The van der Waals surface area contributed by atoms with Crippen molar-refractivity contribution in [3.05, 3.63) is 58.8 Å². The molecule has 0 spiro atoms. The summed E-state index contributed by atoms with van der Waals surface area (Å²) in [6.45, 7) is 10.1. The number of nitrogens with zero attached hydrogens (tertiary/aromatic N) is 3. The molecule has 3 aromatic heterocycles. The summed E-state index contributed by atoms with van der Waals surface area (Å²) in [7, 11) is 0. The van der Waals surface area contributed by atoms with Crippen molar-refractivity contribution in [2.45, 2.75) is 83.5 Å². The number of nitrogens with two attached hydrogens (primary N) is 1. The van der Waals surface area contributed by atoms with Gasteiger partial charge in [-0.15, -0.1) is 0 Å². The number of aromatic nitrogens is 3. The van der Waals surface area contributed by atoms with Crippen molar-refractivity contribution in [2.75, 3.05) is 0 Å². The van der Waals surface area contributed by atoms with Crippen molar-refractivity contribution in [2.24, 2.45) is 5.73 Å². The molecule has 2 aliphatic rings. The average Bonchev–Trinajstić information content (AvgIpc) is 3.53. The maximum atomic E-state index is 12.4. The largest absolute Gasteiger partial charge is 0.471 e. The molecule has 5 rings (SSSR count). The van der Waals surface area contributed by atoms with Crippen molar-refractivity contribution >= 4 is 16.7 Å². The van der Waals surface area contributed by atoms with Gasteiger partial charge in [-0.2, -0.15) is 0 Å². The van der Waals surface area contributed by atoms with Crippen molar-refractivity contribution in [3.63, 3.8) is 0 Å². The molecule has 4 heterocycles. The number of carbonyl (C=O) groups excluding carboxylic acids is 1. The Morgan fingerprint density at radius 3 is 2.62 bits per heavy atom. The van der Waals surface area contributed by atoms with E-state index in [1.165, 1.54) is 0 Å². The normalized spacial score (nSPS) is 21.0. The number of pyridine rings is 3. The molecule has 1 aliphatic heterocycles. The van der Waals surface area contributed by atoms with Gasteiger partial charge in [-0.25, -0.2) is 9.78 Å². The van der Waals surface area contributed by atoms with Gasteiger partial charge < -0.3 is 15.2 Å². The van der Waals surface area contributed by atoms with E-state index in [9.17, 15) is 4.79 Å². The van der Waals surface area contributed by atoms with Crippen LogP contribution in [-0.2, 0) is 11.2 Å². The van der Waals surface area contributed by atoms with E-state index in [4.69, 9.17) is 25.2 Å². The molecule has 34 heavy (non-hydrogen) atoms. The number of rotatable bonds is 6. The van der Waals surface area contributed by atoms with Gasteiger partial charge in [-0.3, -0.25) is 9.97 Å². The predicted octanol–water partition coefficient (Wildman–Crippen LogP) is 5.01. The first-order chi connectivity index (χ1) is 16.1. The molecule has 2 atom stereocenters. The van der Waals surface area contributed by atoms with Gasteiger partial charge in [-0.1, -0.05) is 13.8 Å². The first-order valence-corrected chi connectivity index (χ1v) is 12.1. The van der Waals surface area contributed by atoms with Crippen LogP contribution in [0.3, 0.4) is 0 Å². The predicted molar refractivity (Wildman–Crippen MR) is 130 cm³/mol. The van der Waals surface area contributed by atoms with E-state index in [1.54, 1.807) is 0 Å². The topological polar surface area (TPSA) is 100 Å². The summed E-state index contributed by atoms with van der Waals surface area (Å²) in [6, 6.07) is 5.65. The summed E-state index contributed by atoms with van der Waals surface area (Å²) in [6.07, 6.45) is 7.10. The standard InChI is InChI=1S/C27H32N4O3/c1-6-22(28)20-13-30-24(33-27(5)9-10-27)21-14-29-17(12-19(20)21)11-16-7-8-18-23(31-16)15(2)26(3,4)34-25(18)32/h7-8,12-15,22H,6,9-11,28H2,1-5H3/t15-,22+/m1/s1. The van der Waals surface area contributed by atoms with E-state index < -0.39 is 5.60 Å². The Labute approximate surface area is 200 Å². The zero-order chi connectivity index (χ0) is 24.3. The van der Waals surface area contributed by atoms with Crippen molar-refractivity contribution < 1.29 is 14.3 Å². The fourth-order valence-corrected chi connectivity index (χ4v) is 4.40. The van der Waals surface area contributed by atoms with Gasteiger partial charge in [0.15, 0.2) is 0 Å². The first-order valence-electron chi connectivity index (χ1n) is 12.1. The van der Waals surface area contributed by atoms with Gasteiger partial charge >= 0.3 is 5.97 Å². The number of hydrogen-bond donors (Lipinski definition) is 1. The fraction of sp³-hybridized carbons (Fsp3) is 0.481. The molecule has 0 unspecified atom stereocenters. The molecule has 7 nitrogen and oxygen atoms in total. The number of carbonyl (C=O) groups is 1. The van der Waals surface area contributed by atoms with Crippen LogP contribution in [0.1, 0.15) is 98.8 Å². The van der Waals surface area contributed by atoms with Crippen LogP contribution in [0.2, 0.25) is 0 Å². The molecule has 3 aromatic rings. The SMILES string of the molecule is CC[C@H](N)c1cnc(OC2(C)CC2)c2cnc(Cc3ccc4c(n3)[C@@H](C)C(C)(C)OC4=O)cc12. The molecule has 2 N–H and O–H groups in total. The molecule has 0 saturated heterocycles. The smallest absolute Gasteiger partial charge is 0.340 e. The lowest BCUT2D eigenvalue weighted by atomic mass is 9.84. The lowest BCUT2D eigenvalue weighted by Gasteiger charge is -2.36. The molecular weight excluding hydrogens is 428 g/mol. The highest BCUT2D eigenvalue weighted by Gasteiger charge is 2.41. The summed E-state index contributed by atoms with van der Waals surface area (Å²) in [4.78, 5) is 26.6. The molecule has 0 bridgehead atoms. The second-order valence-electron chi connectivity index (χ2n) is 10.4. The highest BCUT2D eigenvalue weighted by atomic mass is 16.6. The molecule has 0 amide bonds. The fourth-order valence-electron chi connectivity index (χ4n) is 4.40. The van der Waals surface area contributed by atoms with Crippen molar-refractivity contribution in [3.8, 4) is 5.88 Å². The van der Waals surface area contributed by atoms with Gasteiger partial charge in [0, 0.05) is 42.2 Å². The van der Waals surface area contributed by atoms with Gasteiger partial charge in [0.05, 0.1) is 16.6 Å². The van der Waals surface area contributed by atoms with Crippen LogP contribution in [0.4, 0.5) is 0 Å². The van der Waals surface area contributed by atoms with E-state index in [-0.39, 0.29) is 23.5 Å². The lowest BCUT2D eigenvalue weighted by molar-refractivity contribution is -0.0190. The molecule has 178 valence electrons. The third-order valence-corrected chi connectivity index (χ3v) is 7.33. The minimum absolute atomic E-state index is 0.00608. The van der Waals surface area contributed by atoms with E-state index in [1.807, 2.05) is 45.3 Å². The Balaban J connectivity index is 1.52. The van der Waals surface area contributed by atoms with Crippen LogP contribution in [0, 0.1) is 0 Å². The average molecular weight is 461 g/mol. The minimum Gasteiger partial charge on any atom is -0.471 e. The highest BCUT2D eigenvalue weighted by Crippen LogP contribution is 2.42. The van der Waals surface area contributed by atoms with Crippen molar-refractivity contribution in [1.29, 1.82) is 0 Å². The Morgan fingerprint density at radius 2 is 1.91 bits per heavy atom. The maximum absolute atomic E-state index is 12.4. The number of fused-ring (bicyclic) bond motifs is 2. The zero-order valence-corrected chi connectivity index (χ0v) is 20.5. The summed E-state index contributed by atoms with van der Waals surface area (Å²) >= 11 is 0. The second kappa shape index (κ2) is 8.01. The molecule has 0 aromatic carbocycles. The quantitative estimate of drug-likeness (QED) is 0.516. The number of cyclic esters (lactones) is 1. The Kier molecular flexibility index (Phi) is 5.35. The van der Waals surface area contributed by atoms with Crippen LogP contribution in [0.25, 0.3) is 10.8 Å². The Bertz CT molecular complexity index is 1280. The summed E-state index contributed by atoms with van der Waals surface area (Å²) < 4.78 is 11.8. The number of hydrogen-bond acceptors (Lipinski definition) is 7. The van der Waals surface area contributed by atoms with Gasteiger partial charge in [0.1, 0.15) is 11.2 Å². The highest BCUT2D eigenvalue weighted by molar-refractivity contribution is 5.92. The van der Waals surface area contributed by atoms with E-state index in [2.05, 4.69) is 24.9 Å². The number of esters is 1. The van der Waals surface area contributed by atoms with Crippen LogP contribution >= 0.6 is 0 Å².